The lowest BCUT2D eigenvalue weighted by atomic mass is 9.99. The van der Waals surface area contributed by atoms with Gasteiger partial charge in [0.15, 0.2) is 0 Å². The first kappa shape index (κ1) is 14.5. The molecule has 0 saturated carbocycles. The molecule has 1 fully saturated rings. The van der Waals surface area contributed by atoms with Crippen LogP contribution >= 0.6 is 0 Å². The van der Waals surface area contributed by atoms with E-state index in [1.54, 1.807) is 0 Å². The van der Waals surface area contributed by atoms with Gasteiger partial charge in [0, 0.05) is 18.6 Å². The summed E-state index contributed by atoms with van der Waals surface area (Å²) in [7, 11) is 0. The van der Waals surface area contributed by atoms with Crippen LogP contribution in [-0.4, -0.2) is 24.0 Å². The molecule has 1 aliphatic rings. The fraction of sp³-hybridized carbons (Fsp3) is 0.647. The topological polar surface area (TPSA) is 29.3 Å². The molecule has 0 aromatic heterocycles. The van der Waals surface area contributed by atoms with E-state index in [4.69, 9.17) is 5.73 Å². The highest BCUT2D eigenvalue weighted by Gasteiger charge is 2.28. The van der Waals surface area contributed by atoms with Crippen molar-refractivity contribution >= 4 is 0 Å². The fourth-order valence-electron chi connectivity index (χ4n) is 3.42. The summed E-state index contributed by atoms with van der Waals surface area (Å²) in [4.78, 5) is 2.59. The Kier molecular flexibility index (Phi) is 4.64. The molecule has 1 saturated heterocycles. The maximum atomic E-state index is 6.43. The van der Waals surface area contributed by atoms with Gasteiger partial charge < -0.3 is 5.73 Å². The maximum Gasteiger partial charge on any atom is 0.0424 e. The van der Waals surface area contributed by atoms with Gasteiger partial charge in [0.2, 0.25) is 0 Å². The predicted molar refractivity (Wildman–Crippen MR) is 82.3 cm³/mol. The fourth-order valence-corrected chi connectivity index (χ4v) is 3.42. The molecule has 1 heterocycles. The lowest BCUT2D eigenvalue weighted by molar-refractivity contribution is 0.195. The Morgan fingerprint density at radius 2 is 1.84 bits per heavy atom. The summed E-state index contributed by atoms with van der Waals surface area (Å²) in [5.41, 5.74) is 10.3. The maximum absolute atomic E-state index is 6.43. The van der Waals surface area contributed by atoms with Gasteiger partial charge in [0.25, 0.3) is 0 Å². The first-order valence-corrected chi connectivity index (χ1v) is 7.55. The Balaban J connectivity index is 2.06. The van der Waals surface area contributed by atoms with Crippen molar-refractivity contribution in [2.45, 2.75) is 52.6 Å². The van der Waals surface area contributed by atoms with Crippen molar-refractivity contribution in [2.24, 2.45) is 11.7 Å². The molecule has 1 aliphatic heterocycles. The van der Waals surface area contributed by atoms with E-state index in [9.17, 15) is 0 Å². The second-order valence-corrected chi connectivity index (χ2v) is 6.48. The number of likely N-dealkylation sites (tertiary alicyclic amines) is 1. The average Bonchev–Trinajstić information content (AvgIpc) is 2.75. The Labute approximate surface area is 118 Å². The molecule has 2 nitrogen and oxygen atoms in total. The monoisotopic (exact) mass is 260 g/mol. The third-order valence-electron chi connectivity index (χ3n) is 4.29. The largest absolute Gasteiger partial charge is 0.323 e. The molecule has 2 rings (SSSR count). The molecule has 19 heavy (non-hydrogen) atoms. The Morgan fingerprint density at radius 3 is 2.42 bits per heavy atom. The zero-order chi connectivity index (χ0) is 14.0. The van der Waals surface area contributed by atoms with Crippen molar-refractivity contribution in [3.63, 3.8) is 0 Å². The molecule has 2 atom stereocenters. The van der Waals surface area contributed by atoms with Crippen LogP contribution in [0.25, 0.3) is 0 Å². The van der Waals surface area contributed by atoms with Crippen molar-refractivity contribution < 1.29 is 0 Å². The quantitative estimate of drug-likeness (QED) is 0.898. The normalized spacial score (nSPS) is 22.1. The van der Waals surface area contributed by atoms with Crippen LogP contribution in [0.3, 0.4) is 0 Å². The van der Waals surface area contributed by atoms with Gasteiger partial charge in [-0.25, -0.2) is 0 Å². The minimum Gasteiger partial charge on any atom is -0.323 e. The molecule has 1 aromatic rings. The van der Waals surface area contributed by atoms with Gasteiger partial charge in [-0.05, 0) is 44.7 Å². The lowest BCUT2D eigenvalue weighted by Gasteiger charge is -2.30. The minimum atomic E-state index is 0.137. The van der Waals surface area contributed by atoms with E-state index in [1.807, 2.05) is 0 Å². The van der Waals surface area contributed by atoms with Gasteiger partial charge in [-0.15, -0.1) is 0 Å². The molecule has 0 radical (unpaired) electrons. The number of nitrogens with two attached hydrogens (primary N) is 1. The lowest BCUT2D eigenvalue weighted by Crippen LogP contribution is -2.38. The second-order valence-electron chi connectivity index (χ2n) is 6.48. The van der Waals surface area contributed by atoms with Crippen molar-refractivity contribution in [3.05, 3.63) is 34.9 Å². The van der Waals surface area contributed by atoms with E-state index in [2.05, 4.69) is 50.8 Å². The third-order valence-corrected chi connectivity index (χ3v) is 4.29. The Morgan fingerprint density at radius 1 is 1.21 bits per heavy atom. The number of hydrogen-bond donors (Lipinski definition) is 1. The molecule has 106 valence electrons. The smallest absolute Gasteiger partial charge is 0.0424 e. The molecule has 1 aromatic carbocycles. The van der Waals surface area contributed by atoms with E-state index in [0.717, 1.165) is 18.5 Å². The molecule has 0 amide bonds. The highest BCUT2D eigenvalue weighted by Crippen LogP contribution is 2.26. The van der Waals surface area contributed by atoms with Crippen molar-refractivity contribution in [1.82, 2.24) is 4.90 Å². The zero-order valence-electron chi connectivity index (χ0n) is 12.8. The van der Waals surface area contributed by atoms with E-state index < -0.39 is 0 Å². The summed E-state index contributed by atoms with van der Waals surface area (Å²) < 4.78 is 0. The van der Waals surface area contributed by atoms with Gasteiger partial charge in [-0.2, -0.15) is 0 Å². The van der Waals surface area contributed by atoms with Crippen LogP contribution in [0, 0.1) is 19.8 Å². The summed E-state index contributed by atoms with van der Waals surface area (Å²) in [6.07, 6.45) is 2.65. The highest BCUT2D eigenvalue weighted by molar-refractivity contribution is 5.30. The van der Waals surface area contributed by atoms with Gasteiger partial charge in [0.05, 0.1) is 0 Å². The number of aryl methyl sites for hydroxylation is 2. The van der Waals surface area contributed by atoms with Gasteiger partial charge in [-0.3, -0.25) is 4.90 Å². The van der Waals surface area contributed by atoms with Crippen molar-refractivity contribution in [3.8, 4) is 0 Å². The van der Waals surface area contributed by atoms with Gasteiger partial charge in [-0.1, -0.05) is 43.2 Å². The van der Waals surface area contributed by atoms with Gasteiger partial charge in [0.1, 0.15) is 0 Å². The zero-order valence-corrected chi connectivity index (χ0v) is 12.8. The Hall–Kier alpha value is -0.860. The van der Waals surface area contributed by atoms with E-state index in [-0.39, 0.29) is 6.04 Å². The number of nitrogens with zero attached hydrogens (tertiary/aromatic N) is 1. The van der Waals surface area contributed by atoms with Crippen LogP contribution in [0.4, 0.5) is 0 Å². The average molecular weight is 260 g/mol. The number of hydrogen-bond acceptors (Lipinski definition) is 2. The first-order valence-electron chi connectivity index (χ1n) is 7.55. The van der Waals surface area contributed by atoms with Crippen molar-refractivity contribution in [2.75, 3.05) is 13.1 Å². The summed E-state index contributed by atoms with van der Waals surface area (Å²) in [6, 6.07) is 7.54. The number of rotatable bonds is 4. The minimum absolute atomic E-state index is 0.137. The molecule has 2 N–H and O–H groups in total. The Bertz CT molecular complexity index is 405. The second kappa shape index (κ2) is 6.06. The molecule has 0 spiro atoms. The standard InChI is InChI=1S/C17H28N2/c1-12(2)17-6-5-7-19(17)11-16(18)15-9-13(3)8-14(4)10-15/h8-10,12,16-17H,5-7,11,18H2,1-4H3. The number of benzene rings is 1. The molecule has 0 bridgehead atoms. The van der Waals surface area contributed by atoms with Gasteiger partial charge >= 0.3 is 0 Å². The third kappa shape index (κ3) is 3.58. The summed E-state index contributed by atoms with van der Waals surface area (Å²) >= 11 is 0. The first-order chi connectivity index (χ1) is 8.97. The van der Waals surface area contributed by atoms with Crippen LogP contribution in [0.15, 0.2) is 18.2 Å². The summed E-state index contributed by atoms with van der Waals surface area (Å²) in [6.45, 7) is 11.1. The highest BCUT2D eigenvalue weighted by atomic mass is 15.2. The van der Waals surface area contributed by atoms with Crippen LogP contribution in [0.1, 0.15) is 49.4 Å². The van der Waals surface area contributed by atoms with Crippen LogP contribution in [0.2, 0.25) is 0 Å². The predicted octanol–water partition coefficient (Wildman–Crippen LogP) is 3.42. The van der Waals surface area contributed by atoms with Crippen LogP contribution < -0.4 is 5.73 Å². The SMILES string of the molecule is Cc1cc(C)cc(C(N)CN2CCCC2C(C)C)c1. The summed E-state index contributed by atoms with van der Waals surface area (Å²) in [5, 5.41) is 0. The molecule has 0 aliphatic carbocycles. The molecule has 2 unspecified atom stereocenters. The van der Waals surface area contributed by atoms with E-state index >= 15 is 0 Å². The van der Waals surface area contributed by atoms with E-state index in [0.29, 0.717) is 0 Å². The summed E-state index contributed by atoms with van der Waals surface area (Å²) in [5.74, 6) is 0.731. The van der Waals surface area contributed by atoms with Crippen LogP contribution in [0.5, 0.6) is 0 Å². The van der Waals surface area contributed by atoms with E-state index in [1.165, 1.54) is 36.1 Å². The molecular formula is C17H28N2. The molecular weight excluding hydrogens is 232 g/mol. The molecule has 2 heteroatoms. The van der Waals surface area contributed by atoms with Crippen molar-refractivity contribution in [1.29, 1.82) is 0 Å². The van der Waals surface area contributed by atoms with Crippen LogP contribution in [-0.2, 0) is 0 Å².